The van der Waals surface area contributed by atoms with E-state index >= 15 is 0 Å². The molecule has 1 aromatic heterocycles. The van der Waals surface area contributed by atoms with E-state index in [1.807, 2.05) is 13.0 Å². The van der Waals surface area contributed by atoms with Crippen molar-refractivity contribution >= 4 is 34.2 Å². The van der Waals surface area contributed by atoms with E-state index in [0.29, 0.717) is 11.6 Å². The minimum absolute atomic E-state index is 0.00917. The van der Waals surface area contributed by atoms with Crippen LogP contribution in [0.4, 0.5) is 11.6 Å². The molecule has 1 aromatic rings. The van der Waals surface area contributed by atoms with Gasteiger partial charge < -0.3 is 16.2 Å². The minimum atomic E-state index is -0.00917. The van der Waals surface area contributed by atoms with Crippen LogP contribution in [0.15, 0.2) is 12.1 Å². The highest BCUT2D eigenvalue weighted by Gasteiger charge is 2.02. The van der Waals surface area contributed by atoms with Crippen LogP contribution in [-0.4, -0.2) is 22.7 Å². The molecule has 0 fully saturated rings. The van der Waals surface area contributed by atoms with E-state index < -0.39 is 0 Å². The van der Waals surface area contributed by atoms with Gasteiger partial charge in [0.1, 0.15) is 11.6 Å². The zero-order valence-corrected chi connectivity index (χ0v) is 9.45. The number of aliphatic hydroxyl groups excluding tert-OH is 1. The number of hydrogen-bond acceptors (Lipinski definition) is 4. The van der Waals surface area contributed by atoms with Gasteiger partial charge in [0.2, 0.25) is 0 Å². The predicted molar refractivity (Wildman–Crippen MR) is 61.5 cm³/mol. The van der Waals surface area contributed by atoms with Gasteiger partial charge in [-0.15, -0.1) is 0 Å². The van der Waals surface area contributed by atoms with Crippen molar-refractivity contribution in [2.24, 2.45) is 0 Å². The molecule has 4 nitrogen and oxygen atoms in total. The topological polar surface area (TPSA) is 71.2 Å². The summed E-state index contributed by atoms with van der Waals surface area (Å²) in [6, 6.07) is 3.66. The van der Waals surface area contributed by atoms with Crippen molar-refractivity contribution in [1.82, 2.24) is 4.98 Å². The van der Waals surface area contributed by atoms with Crippen LogP contribution >= 0.6 is 22.6 Å². The maximum atomic E-state index is 8.81. The quantitative estimate of drug-likeness (QED) is 0.729. The van der Waals surface area contributed by atoms with Crippen molar-refractivity contribution in [3.63, 3.8) is 0 Å². The minimum Gasteiger partial charge on any atom is -0.394 e. The Hall–Kier alpha value is -0.560. The number of anilines is 2. The molecule has 0 radical (unpaired) electrons. The molecular formula is C8H12IN3O. The highest BCUT2D eigenvalue weighted by molar-refractivity contribution is 14.1. The molecule has 5 heteroatoms. The van der Waals surface area contributed by atoms with Crippen LogP contribution in [0.5, 0.6) is 0 Å². The Morgan fingerprint density at radius 2 is 2.38 bits per heavy atom. The standard InChI is InChI=1S/C8H12IN3O/c1-5(4-13)11-8-3-6(9)2-7(10)12-8/h2-3,5,13H,4H2,1H3,(H3,10,11,12)/t5-/m1/s1. The Kier molecular flexibility index (Phi) is 3.73. The molecule has 0 aliphatic rings. The fourth-order valence-corrected chi connectivity index (χ4v) is 1.50. The highest BCUT2D eigenvalue weighted by atomic mass is 127. The van der Waals surface area contributed by atoms with Gasteiger partial charge in [0.15, 0.2) is 0 Å². The Labute approximate surface area is 90.7 Å². The molecule has 72 valence electrons. The molecule has 0 bridgehead atoms. The third kappa shape index (κ3) is 3.35. The number of aliphatic hydroxyl groups is 1. The van der Waals surface area contributed by atoms with E-state index in [9.17, 15) is 0 Å². The van der Waals surface area contributed by atoms with Crippen LogP contribution in [0.2, 0.25) is 0 Å². The van der Waals surface area contributed by atoms with E-state index in [4.69, 9.17) is 10.8 Å². The molecule has 1 heterocycles. The molecule has 13 heavy (non-hydrogen) atoms. The van der Waals surface area contributed by atoms with Crippen molar-refractivity contribution in [2.75, 3.05) is 17.7 Å². The third-order valence-electron chi connectivity index (χ3n) is 1.48. The van der Waals surface area contributed by atoms with Crippen LogP contribution in [0.25, 0.3) is 0 Å². The van der Waals surface area contributed by atoms with E-state index in [1.165, 1.54) is 0 Å². The normalized spacial score (nSPS) is 12.5. The summed E-state index contributed by atoms with van der Waals surface area (Å²) in [6.07, 6.45) is 0. The van der Waals surface area contributed by atoms with Crippen LogP contribution in [0, 0.1) is 3.57 Å². The lowest BCUT2D eigenvalue weighted by Crippen LogP contribution is -2.20. The molecule has 0 saturated carbocycles. The average Bonchev–Trinajstić information content (AvgIpc) is 2.02. The van der Waals surface area contributed by atoms with E-state index in [0.717, 1.165) is 3.57 Å². The maximum Gasteiger partial charge on any atom is 0.129 e. The zero-order chi connectivity index (χ0) is 9.84. The molecule has 0 amide bonds. The van der Waals surface area contributed by atoms with E-state index in [1.54, 1.807) is 6.07 Å². The Bertz CT molecular complexity index is 272. The molecule has 0 spiro atoms. The Balaban J connectivity index is 2.77. The Morgan fingerprint density at radius 3 is 2.92 bits per heavy atom. The number of nitrogens with one attached hydrogen (secondary N) is 1. The summed E-state index contributed by atoms with van der Waals surface area (Å²) in [4.78, 5) is 4.07. The number of pyridine rings is 1. The maximum absolute atomic E-state index is 8.81. The zero-order valence-electron chi connectivity index (χ0n) is 7.29. The Morgan fingerprint density at radius 1 is 1.69 bits per heavy atom. The van der Waals surface area contributed by atoms with Crippen molar-refractivity contribution < 1.29 is 5.11 Å². The van der Waals surface area contributed by atoms with Crippen LogP contribution < -0.4 is 11.1 Å². The summed E-state index contributed by atoms with van der Waals surface area (Å²) in [5.74, 6) is 1.19. The fourth-order valence-electron chi connectivity index (χ4n) is 0.889. The second-order valence-electron chi connectivity index (χ2n) is 2.82. The van der Waals surface area contributed by atoms with Crippen molar-refractivity contribution in [1.29, 1.82) is 0 Å². The summed E-state index contributed by atoms with van der Waals surface area (Å²) in [7, 11) is 0. The monoisotopic (exact) mass is 293 g/mol. The number of halogens is 1. The van der Waals surface area contributed by atoms with Crippen molar-refractivity contribution in [3.8, 4) is 0 Å². The first-order valence-electron chi connectivity index (χ1n) is 3.92. The first-order chi connectivity index (χ1) is 6.11. The molecular weight excluding hydrogens is 281 g/mol. The van der Waals surface area contributed by atoms with Gasteiger partial charge in [0.05, 0.1) is 6.61 Å². The fraction of sp³-hybridized carbons (Fsp3) is 0.375. The summed E-state index contributed by atoms with van der Waals surface area (Å²) in [5.41, 5.74) is 5.56. The molecule has 0 aliphatic heterocycles. The second-order valence-corrected chi connectivity index (χ2v) is 4.07. The van der Waals surface area contributed by atoms with Crippen LogP contribution in [0.1, 0.15) is 6.92 Å². The molecule has 0 aliphatic carbocycles. The summed E-state index contributed by atoms with van der Waals surface area (Å²) in [5, 5.41) is 11.8. The number of nitrogen functional groups attached to an aromatic ring is 1. The van der Waals surface area contributed by atoms with Gasteiger partial charge in [0.25, 0.3) is 0 Å². The van der Waals surface area contributed by atoms with Crippen molar-refractivity contribution in [3.05, 3.63) is 15.7 Å². The number of nitrogens with two attached hydrogens (primary N) is 1. The lowest BCUT2D eigenvalue weighted by Gasteiger charge is -2.11. The van der Waals surface area contributed by atoms with Gasteiger partial charge in [-0.25, -0.2) is 4.98 Å². The second kappa shape index (κ2) is 4.61. The van der Waals surface area contributed by atoms with Gasteiger partial charge >= 0.3 is 0 Å². The van der Waals surface area contributed by atoms with Gasteiger partial charge in [-0.1, -0.05) is 0 Å². The van der Waals surface area contributed by atoms with Gasteiger partial charge in [-0.2, -0.15) is 0 Å². The largest absolute Gasteiger partial charge is 0.394 e. The SMILES string of the molecule is C[C@H](CO)Nc1cc(I)cc(N)n1. The molecule has 0 aromatic carbocycles. The summed E-state index contributed by atoms with van der Waals surface area (Å²) >= 11 is 2.17. The molecule has 0 unspecified atom stereocenters. The predicted octanol–water partition coefficient (Wildman–Crippen LogP) is 1.06. The van der Waals surface area contributed by atoms with Gasteiger partial charge in [-0.3, -0.25) is 0 Å². The number of nitrogens with zero attached hydrogens (tertiary/aromatic N) is 1. The molecule has 1 rings (SSSR count). The first-order valence-corrected chi connectivity index (χ1v) is 5.00. The lowest BCUT2D eigenvalue weighted by atomic mass is 10.3. The number of rotatable bonds is 3. The van der Waals surface area contributed by atoms with Gasteiger partial charge in [-0.05, 0) is 41.6 Å². The number of hydrogen-bond donors (Lipinski definition) is 3. The highest BCUT2D eigenvalue weighted by Crippen LogP contribution is 2.14. The average molecular weight is 293 g/mol. The summed E-state index contributed by atoms with van der Waals surface area (Å²) < 4.78 is 1.03. The first kappa shape index (κ1) is 10.5. The molecule has 4 N–H and O–H groups in total. The van der Waals surface area contributed by atoms with Crippen molar-refractivity contribution in [2.45, 2.75) is 13.0 Å². The third-order valence-corrected chi connectivity index (χ3v) is 2.10. The smallest absolute Gasteiger partial charge is 0.129 e. The number of aromatic nitrogens is 1. The molecule has 0 saturated heterocycles. The van der Waals surface area contributed by atoms with Crippen LogP contribution in [-0.2, 0) is 0 Å². The van der Waals surface area contributed by atoms with Crippen LogP contribution in [0.3, 0.4) is 0 Å². The van der Waals surface area contributed by atoms with Gasteiger partial charge in [0, 0.05) is 9.61 Å². The lowest BCUT2D eigenvalue weighted by molar-refractivity contribution is 0.281. The van der Waals surface area contributed by atoms with E-state index in [-0.39, 0.29) is 12.6 Å². The molecule has 1 atom stereocenters. The summed E-state index contributed by atoms with van der Waals surface area (Å²) in [6.45, 7) is 1.95. The van der Waals surface area contributed by atoms with E-state index in [2.05, 4.69) is 32.9 Å².